The summed E-state index contributed by atoms with van der Waals surface area (Å²) in [6.07, 6.45) is 0. The molecule has 13 heavy (non-hydrogen) atoms. The highest BCUT2D eigenvalue weighted by Crippen LogP contribution is 2.13. The molecule has 0 saturated heterocycles. The first-order chi connectivity index (χ1) is 6.31. The number of nitrogens with zero attached hydrogens (tertiary/aromatic N) is 1. The number of benzene rings is 1. The van der Waals surface area contributed by atoms with Crippen LogP contribution >= 0.6 is 0 Å². The molecule has 0 amide bonds. The van der Waals surface area contributed by atoms with E-state index in [1.807, 2.05) is 30.3 Å². The first-order valence-electron chi connectivity index (χ1n) is 3.92. The largest absolute Gasteiger partial charge is 0.288 e. The molecule has 2 aromatic rings. The summed E-state index contributed by atoms with van der Waals surface area (Å²) < 4.78 is 0. The zero-order valence-corrected chi connectivity index (χ0v) is 6.91. The zero-order valence-electron chi connectivity index (χ0n) is 6.91. The van der Waals surface area contributed by atoms with Crippen LogP contribution in [0.3, 0.4) is 0 Å². The molecule has 62 valence electrons. The number of aromatic nitrogens is 1. The van der Waals surface area contributed by atoms with Crippen LogP contribution in [-0.2, 0) is 0 Å². The SMILES string of the molecule is N#Cc1cc2ccccc2[nH+]c1N. The molecule has 1 aromatic heterocycles. The molecule has 0 aliphatic carbocycles. The van der Waals surface area contributed by atoms with Gasteiger partial charge in [-0.05, 0) is 12.1 Å². The molecule has 0 spiro atoms. The van der Waals surface area contributed by atoms with Crippen LogP contribution in [0.25, 0.3) is 10.9 Å². The Morgan fingerprint density at radius 1 is 1.31 bits per heavy atom. The first-order valence-corrected chi connectivity index (χ1v) is 3.92. The summed E-state index contributed by atoms with van der Waals surface area (Å²) in [5.41, 5.74) is 7.05. The summed E-state index contributed by atoms with van der Waals surface area (Å²) >= 11 is 0. The van der Waals surface area contributed by atoms with Gasteiger partial charge in [-0.25, -0.2) is 4.98 Å². The van der Waals surface area contributed by atoms with Crippen molar-refractivity contribution in [2.24, 2.45) is 0 Å². The molecule has 0 bridgehead atoms. The Morgan fingerprint density at radius 3 is 2.85 bits per heavy atom. The van der Waals surface area contributed by atoms with Gasteiger partial charge in [-0.3, -0.25) is 5.73 Å². The van der Waals surface area contributed by atoms with Crippen LogP contribution in [0.2, 0.25) is 0 Å². The van der Waals surface area contributed by atoms with Gasteiger partial charge in [-0.15, -0.1) is 0 Å². The number of fused-ring (bicyclic) bond motifs is 1. The minimum Gasteiger partial charge on any atom is -0.286 e. The van der Waals surface area contributed by atoms with Gasteiger partial charge in [-0.1, -0.05) is 18.2 Å². The average Bonchev–Trinajstić information content (AvgIpc) is 2.17. The van der Waals surface area contributed by atoms with Crippen molar-refractivity contribution >= 4 is 16.7 Å². The van der Waals surface area contributed by atoms with E-state index >= 15 is 0 Å². The van der Waals surface area contributed by atoms with Crippen molar-refractivity contribution in [1.29, 1.82) is 5.26 Å². The maximum Gasteiger partial charge on any atom is 0.288 e. The summed E-state index contributed by atoms with van der Waals surface area (Å²) in [7, 11) is 0. The molecular formula is C10H8N3+. The van der Waals surface area contributed by atoms with Crippen LogP contribution in [0.5, 0.6) is 0 Å². The van der Waals surface area contributed by atoms with Crippen LogP contribution in [0.15, 0.2) is 30.3 Å². The molecule has 0 radical (unpaired) electrons. The fourth-order valence-corrected chi connectivity index (χ4v) is 1.27. The number of nitrogens with two attached hydrogens (primary N) is 1. The maximum absolute atomic E-state index is 8.73. The zero-order chi connectivity index (χ0) is 9.26. The highest BCUT2D eigenvalue weighted by molar-refractivity contribution is 5.78. The number of H-pyrrole nitrogens is 1. The van der Waals surface area contributed by atoms with Gasteiger partial charge in [0.15, 0.2) is 0 Å². The van der Waals surface area contributed by atoms with Crippen molar-refractivity contribution in [3.8, 4) is 6.07 Å². The standard InChI is InChI=1S/C10H7N3/c11-6-8-5-7-3-1-2-4-9(7)13-10(8)12/h1-5H,(H2,12,13)/p+1. The molecule has 1 heterocycles. The first kappa shape index (κ1) is 7.56. The fourth-order valence-electron chi connectivity index (χ4n) is 1.27. The quantitative estimate of drug-likeness (QED) is 0.643. The second-order valence-electron chi connectivity index (χ2n) is 2.80. The molecular weight excluding hydrogens is 162 g/mol. The number of hydrogen-bond donors (Lipinski definition) is 1. The van der Waals surface area contributed by atoms with Crippen molar-refractivity contribution in [1.82, 2.24) is 0 Å². The molecule has 0 fully saturated rings. The smallest absolute Gasteiger partial charge is 0.286 e. The van der Waals surface area contributed by atoms with E-state index in [0.717, 1.165) is 10.9 Å². The number of para-hydroxylation sites is 1. The highest BCUT2D eigenvalue weighted by Gasteiger charge is 2.06. The molecule has 2 rings (SSSR count). The van der Waals surface area contributed by atoms with Gasteiger partial charge in [0.2, 0.25) is 0 Å². The second-order valence-corrected chi connectivity index (χ2v) is 2.80. The van der Waals surface area contributed by atoms with Crippen LogP contribution in [0, 0.1) is 11.3 Å². The van der Waals surface area contributed by atoms with Crippen LogP contribution in [0.4, 0.5) is 5.82 Å². The Morgan fingerprint density at radius 2 is 2.08 bits per heavy atom. The molecule has 0 aliphatic heterocycles. The third-order valence-corrected chi connectivity index (χ3v) is 1.94. The molecule has 0 aliphatic rings. The topological polar surface area (TPSA) is 64.0 Å². The Kier molecular flexibility index (Phi) is 1.60. The van der Waals surface area contributed by atoms with E-state index in [4.69, 9.17) is 11.0 Å². The number of nitrogen functional groups attached to an aromatic ring is 1. The number of pyridine rings is 1. The monoisotopic (exact) mass is 170 g/mol. The number of rotatable bonds is 0. The molecule has 0 atom stereocenters. The fraction of sp³-hybridized carbons (Fsp3) is 0. The summed E-state index contributed by atoms with van der Waals surface area (Å²) in [5, 5.41) is 9.72. The Bertz CT molecular complexity index is 497. The van der Waals surface area contributed by atoms with Crippen molar-refractivity contribution in [3.63, 3.8) is 0 Å². The highest BCUT2D eigenvalue weighted by atomic mass is 14.8. The molecule has 3 heteroatoms. The van der Waals surface area contributed by atoms with Crippen LogP contribution < -0.4 is 10.7 Å². The average molecular weight is 170 g/mol. The lowest BCUT2D eigenvalue weighted by Gasteiger charge is -1.95. The molecule has 3 nitrogen and oxygen atoms in total. The van der Waals surface area contributed by atoms with E-state index < -0.39 is 0 Å². The van der Waals surface area contributed by atoms with Gasteiger partial charge in [0.1, 0.15) is 17.1 Å². The number of hydrogen-bond acceptors (Lipinski definition) is 2. The number of anilines is 1. The lowest BCUT2D eigenvalue weighted by molar-refractivity contribution is -0.326. The lowest BCUT2D eigenvalue weighted by Crippen LogP contribution is -2.12. The van der Waals surface area contributed by atoms with E-state index in [0.29, 0.717) is 11.4 Å². The van der Waals surface area contributed by atoms with E-state index in [1.165, 1.54) is 0 Å². The van der Waals surface area contributed by atoms with E-state index in [1.54, 1.807) is 6.07 Å². The van der Waals surface area contributed by atoms with Gasteiger partial charge >= 0.3 is 0 Å². The molecule has 1 aromatic carbocycles. The summed E-state index contributed by atoms with van der Waals surface area (Å²) in [5.74, 6) is 0.418. The number of aromatic amines is 1. The number of nitrogens with one attached hydrogen (secondary N) is 1. The van der Waals surface area contributed by atoms with Gasteiger partial charge < -0.3 is 0 Å². The maximum atomic E-state index is 8.73. The minimum absolute atomic E-state index is 0.418. The minimum atomic E-state index is 0.418. The molecule has 3 N–H and O–H groups in total. The summed E-state index contributed by atoms with van der Waals surface area (Å²) in [6, 6.07) is 11.5. The summed E-state index contributed by atoms with van der Waals surface area (Å²) in [6.45, 7) is 0. The third-order valence-electron chi connectivity index (χ3n) is 1.94. The van der Waals surface area contributed by atoms with Gasteiger partial charge in [-0.2, -0.15) is 5.26 Å². The van der Waals surface area contributed by atoms with Gasteiger partial charge in [0, 0.05) is 5.39 Å². The van der Waals surface area contributed by atoms with Crippen molar-refractivity contribution in [2.75, 3.05) is 5.73 Å². The Hall–Kier alpha value is -2.08. The second kappa shape index (κ2) is 2.76. The van der Waals surface area contributed by atoms with Crippen molar-refractivity contribution < 1.29 is 4.98 Å². The summed E-state index contributed by atoms with van der Waals surface area (Å²) in [4.78, 5) is 2.96. The predicted octanol–water partition coefficient (Wildman–Crippen LogP) is 1.11. The lowest BCUT2D eigenvalue weighted by atomic mass is 10.1. The molecule has 0 unspecified atom stereocenters. The van der Waals surface area contributed by atoms with Crippen molar-refractivity contribution in [2.45, 2.75) is 0 Å². The Balaban J connectivity index is 2.83. The van der Waals surface area contributed by atoms with E-state index in [2.05, 4.69) is 4.98 Å². The normalized spacial score (nSPS) is 9.77. The van der Waals surface area contributed by atoms with Crippen LogP contribution in [0.1, 0.15) is 5.56 Å². The third kappa shape index (κ3) is 1.18. The van der Waals surface area contributed by atoms with Gasteiger partial charge in [0.05, 0.1) is 0 Å². The van der Waals surface area contributed by atoms with Gasteiger partial charge in [0.25, 0.3) is 5.82 Å². The van der Waals surface area contributed by atoms with E-state index in [9.17, 15) is 0 Å². The van der Waals surface area contributed by atoms with E-state index in [-0.39, 0.29) is 0 Å². The molecule has 0 saturated carbocycles. The number of nitriles is 1. The predicted molar refractivity (Wildman–Crippen MR) is 49.6 cm³/mol. The Labute approximate surface area is 75.4 Å². The van der Waals surface area contributed by atoms with Crippen LogP contribution in [-0.4, -0.2) is 0 Å². The van der Waals surface area contributed by atoms with Crippen molar-refractivity contribution in [3.05, 3.63) is 35.9 Å².